The van der Waals surface area contributed by atoms with Crippen molar-refractivity contribution in [2.75, 3.05) is 26.2 Å². The van der Waals surface area contributed by atoms with E-state index < -0.39 is 0 Å². The summed E-state index contributed by atoms with van der Waals surface area (Å²) in [6.07, 6.45) is 0. The molecule has 1 aromatic heterocycles. The van der Waals surface area contributed by atoms with E-state index in [9.17, 15) is 4.79 Å². The van der Waals surface area contributed by atoms with Crippen LogP contribution in [0, 0.1) is 0 Å². The minimum absolute atomic E-state index is 0.00453. The van der Waals surface area contributed by atoms with Crippen molar-refractivity contribution >= 4 is 40.0 Å². The Morgan fingerprint density at radius 3 is 2.68 bits per heavy atom. The second kappa shape index (κ2) is 5.04. The Labute approximate surface area is 120 Å². The third-order valence-corrected chi connectivity index (χ3v) is 4.14. The van der Waals surface area contributed by atoms with Crippen molar-refractivity contribution in [1.82, 2.24) is 15.2 Å². The summed E-state index contributed by atoms with van der Waals surface area (Å²) in [6.45, 7) is 3.11. The van der Waals surface area contributed by atoms with Crippen molar-refractivity contribution in [3.8, 4) is 0 Å². The van der Waals surface area contributed by atoms with Gasteiger partial charge in [0.1, 0.15) is 5.69 Å². The van der Waals surface area contributed by atoms with Gasteiger partial charge in [-0.25, -0.2) is 0 Å². The van der Waals surface area contributed by atoms with Crippen LogP contribution in [0.1, 0.15) is 10.5 Å². The smallest absolute Gasteiger partial charge is 0.270 e. The second-order valence-corrected chi connectivity index (χ2v) is 5.33. The maximum atomic E-state index is 12.4. The molecule has 3 rings (SSSR count). The second-order valence-electron chi connectivity index (χ2n) is 4.55. The van der Waals surface area contributed by atoms with Gasteiger partial charge in [0.15, 0.2) is 0 Å². The van der Waals surface area contributed by atoms with Gasteiger partial charge in [-0.2, -0.15) is 0 Å². The Morgan fingerprint density at radius 2 is 1.95 bits per heavy atom. The fraction of sp³-hybridized carbons (Fsp3) is 0.308. The molecule has 2 heterocycles. The zero-order valence-electron chi connectivity index (χ0n) is 10.2. The zero-order chi connectivity index (χ0) is 13.4. The maximum absolute atomic E-state index is 12.4. The number of nitrogens with one attached hydrogen (secondary N) is 2. The van der Waals surface area contributed by atoms with E-state index in [-0.39, 0.29) is 5.91 Å². The number of hydrogen-bond donors (Lipinski definition) is 2. The normalized spacial score (nSPS) is 16.0. The van der Waals surface area contributed by atoms with Crippen LogP contribution in [0.3, 0.4) is 0 Å². The standard InChI is InChI=1S/C13H13Cl2N3O/c14-9-1-2-10-8(12(9)15)7-11(17-10)13(19)18-5-3-16-4-6-18/h1-2,7,16-17H,3-6H2. The number of fused-ring (bicyclic) bond motifs is 1. The van der Waals surface area contributed by atoms with Gasteiger partial charge >= 0.3 is 0 Å². The number of benzene rings is 1. The highest BCUT2D eigenvalue weighted by Gasteiger charge is 2.20. The zero-order valence-corrected chi connectivity index (χ0v) is 11.7. The first kappa shape index (κ1) is 12.8. The average molecular weight is 298 g/mol. The molecule has 6 heteroatoms. The van der Waals surface area contributed by atoms with E-state index in [0.29, 0.717) is 15.7 Å². The topological polar surface area (TPSA) is 48.1 Å². The van der Waals surface area contributed by atoms with E-state index in [1.807, 2.05) is 11.0 Å². The minimum Gasteiger partial charge on any atom is -0.350 e. The Hall–Kier alpha value is -1.23. The molecule has 0 radical (unpaired) electrons. The molecule has 1 amide bonds. The van der Waals surface area contributed by atoms with Crippen LogP contribution in [0.2, 0.25) is 10.0 Å². The van der Waals surface area contributed by atoms with Gasteiger partial charge in [0.25, 0.3) is 5.91 Å². The van der Waals surface area contributed by atoms with E-state index in [2.05, 4.69) is 10.3 Å². The van der Waals surface area contributed by atoms with Gasteiger partial charge in [0.2, 0.25) is 0 Å². The summed E-state index contributed by atoms with van der Waals surface area (Å²) in [7, 11) is 0. The van der Waals surface area contributed by atoms with Gasteiger partial charge in [0.05, 0.1) is 10.0 Å². The number of piperazine rings is 1. The van der Waals surface area contributed by atoms with Crippen LogP contribution in [0.15, 0.2) is 18.2 Å². The fourth-order valence-corrected chi connectivity index (χ4v) is 2.68. The predicted octanol–water partition coefficient (Wildman–Crippen LogP) is 2.52. The van der Waals surface area contributed by atoms with Gasteiger partial charge in [-0.3, -0.25) is 4.79 Å². The van der Waals surface area contributed by atoms with Gasteiger partial charge < -0.3 is 15.2 Å². The van der Waals surface area contributed by atoms with Crippen LogP contribution in [0.25, 0.3) is 10.9 Å². The Morgan fingerprint density at radius 1 is 1.21 bits per heavy atom. The largest absolute Gasteiger partial charge is 0.350 e. The molecule has 1 fully saturated rings. The van der Waals surface area contributed by atoms with E-state index in [1.165, 1.54) is 0 Å². The lowest BCUT2D eigenvalue weighted by Gasteiger charge is -2.26. The number of halogens is 2. The van der Waals surface area contributed by atoms with Crippen LogP contribution in [0.4, 0.5) is 0 Å². The number of H-pyrrole nitrogens is 1. The summed E-state index contributed by atoms with van der Waals surface area (Å²) in [4.78, 5) is 17.3. The number of hydrogen-bond acceptors (Lipinski definition) is 2. The van der Waals surface area contributed by atoms with Crippen molar-refractivity contribution < 1.29 is 4.79 Å². The van der Waals surface area contributed by atoms with E-state index in [1.54, 1.807) is 12.1 Å². The number of rotatable bonds is 1. The first-order valence-electron chi connectivity index (χ1n) is 6.13. The van der Waals surface area contributed by atoms with Crippen molar-refractivity contribution in [3.63, 3.8) is 0 Å². The summed E-state index contributed by atoms with van der Waals surface area (Å²) in [5, 5.41) is 4.98. The fourth-order valence-electron chi connectivity index (χ4n) is 2.30. The number of aromatic amines is 1. The van der Waals surface area contributed by atoms with Crippen molar-refractivity contribution in [1.29, 1.82) is 0 Å². The molecule has 0 spiro atoms. The highest BCUT2D eigenvalue weighted by molar-refractivity contribution is 6.45. The lowest BCUT2D eigenvalue weighted by atomic mass is 10.2. The summed E-state index contributed by atoms with van der Waals surface area (Å²) in [5.41, 5.74) is 1.38. The van der Waals surface area contributed by atoms with Gasteiger partial charge in [0, 0.05) is 37.1 Å². The molecule has 0 atom stereocenters. The molecule has 0 bridgehead atoms. The Kier molecular flexibility index (Phi) is 3.39. The monoisotopic (exact) mass is 297 g/mol. The molecule has 100 valence electrons. The highest BCUT2D eigenvalue weighted by atomic mass is 35.5. The summed E-state index contributed by atoms with van der Waals surface area (Å²) in [6, 6.07) is 5.33. The quantitative estimate of drug-likeness (QED) is 0.850. The van der Waals surface area contributed by atoms with Crippen molar-refractivity contribution in [2.24, 2.45) is 0 Å². The molecule has 2 N–H and O–H groups in total. The van der Waals surface area contributed by atoms with Gasteiger partial charge in [-0.1, -0.05) is 23.2 Å². The van der Waals surface area contributed by atoms with Gasteiger partial charge in [-0.05, 0) is 18.2 Å². The average Bonchev–Trinajstić information content (AvgIpc) is 2.88. The summed E-state index contributed by atoms with van der Waals surface area (Å²) < 4.78 is 0. The Balaban J connectivity index is 1.96. The van der Waals surface area contributed by atoms with Crippen molar-refractivity contribution in [2.45, 2.75) is 0 Å². The highest BCUT2D eigenvalue weighted by Crippen LogP contribution is 2.31. The molecule has 1 aliphatic heterocycles. The van der Waals surface area contributed by atoms with Gasteiger partial charge in [-0.15, -0.1) is 0 Å². The van der Waals surface area contributed by atoms with Crippen LogP contribution in [-0.2, 0) is 0 Å². The maximum Gasteiger partial charge on any atom is 0.270 e. The van der Waals surface area contributed by atoms with Crippen LogP contribution < -0.4 is 5.32 Å². The molecule has 1 aromatic carbocycles. The molecule has 0 aliphatic carbocycles. The van der Waals surface area contributed by atoms with Crippen LogP contribution >= 0.6 is 23.2 Å². The molecular formula is C13H13Cl2N3O. The predicted molar refractivity (Wildman–Crippen MR) is 77.1 cm³/mol. The van der Waals surface area contributed by atoms with E-state index >= 15 is 0 Å². The third-order valence-electron chi connectivity index (χ3n) is 3.33. The molecule has 1 aliphatic rings. The third kappa shape index (κ3) is 2.31. The van der Waals surface area contributed by atoms with Crippen LogP contribution in [0.5, 0.6) is 0 Å². The Bertz CT molecular complexity index is 632. The van der Waals surface area contributed by atoms with E-state index in [0.717, 1.165) is 37.1 Å². The van der Waals surface area contributed by atoms with E-state index in [4.69, 9.17) is 23.2 Å². The number of nitrogens with zero attached hydrogens (tertiary/aromatic N) is 1. The molecule has 1 saturated heterocycles. The summed E-state index contributed by atoms with van der Waals surface area (Å²) in [5.74, 6) is 0.00453. The molecule has 0 saturated carbocycles. The molecule has 2 aromatic rings. The lowest BCUT2D eigenvalue weighted by Crippen LogP contribution is -2.46. The van der Waals surface area contributed by atoms with Crippen LogP contribution in [-0.4, -0.2) is 42.0 Å². The first-order chi connectivity index (χ1) is 9.16. The molecule has 4 nitrogen and oxygen atoms in total. The lowest BCUT2D eigenvalue weighted by molar-refractivity contribution is 0.0731. The minimum atomic E-state index is 0.00453. The molecule has 19 heavy (non-hydrogen) atoms. The first-order valence-corrected chi connectivity index (χ1v) is 6.89. The number of carbonyl (C=O) groups is 1. The number of carbonyl (C=O) groups excluding carboxylic acids is 1. The SMILES string of the molecule is O=C(c1cc2c(Cl)c(Cl)ccc2[nH]1)N1CCNCC1. The molecular weight excluding hydrogens is 285 g/mol. The molecule has 0 unspecified atom stereocenters. The summed E-state index contributed by atoms with van der Waals surface area (Å²) >= 11 is 12.1. The number of aromatic nitrogens is 1. The van der Waals surface area contributed by atoms with Crippen molar-refractivity contribution in [3.05, 3.63) is 33.9 Å². The number of amides is 1.